The molecule has 132 valence electrons. The fraction of sp³-hybridized carbons (Fsp3) is 0.238. The average molecular weight is 349 g/mol. The average Bonchev–Trinajstić information content (AvgIpc) is 3.01. The highest BCUT2D eigenvalue weighted by Gasteiger charge is 2.12. The van der Waals surface area contributed by atoms with E-state index >= 15 is 0 Å². The van der Waals surface area contributed by atoms with Crippen LogP contribution in [0.5, 0.6) is 5.75 Å². The van der Waals surface area contributed by atoms with Crippen LogP contribution in [0.3, 0.4) is 0 Å². The van der Waals surface area contributed by atoms with Crippen LogP contribution in [0.25, 0.3) is 11.0 Å². The summed E-state index contributed by atoms with van der Waals surface area (Å²) in [6.45, 7) is 4.47. The zero-order chi connectivity index (χ0) is 18.5. The molecule has 0 saturated heterocycles. The number of rotatable bonds is 6. The number of fused-ring (bicyclic) bond motifs is 1. The van der Waals surface area contributed by atoms with E-state index in [-0.39, 0.29) is 25.6 Å². The molecule has 5 heteroatoms. The molecule has 0 atom stereocenters. The first-order chi connectivity index (χ1) is 12.6. The van der Waals surface area contributed by atoms with E-state index in [0.29, 0.717) is 11.3 Å². The minimum Gasteiger partial charge on any atom is -0.490 e. The Hall–Kier alpha value is -3.26. The van der Waals surface area contributed by atoms with Crippen LogP contribution in [0.4, 0.5) is 0 Å². The molecule has 26 heavy (non-hydrogen) atoms. The second-order valence-electron chi connectivity index (χ2n) is 6.08. The number of esters is 1. The van der Waals surface area contributed by atoms with Crippen LogP contribution < -0.4 is 4.74 Å². The molecule has 0 fully saturated rings. The van der Waals surface area contributed by atoms with Crippen LogP contribution >= 0.6 is 0 Å². The molecule has 1 aromatic heterocycles. The van der Waals surface area contributed by atoms with Gasteiger partial charge in [0.2, 0.25) is 0 Å². The molecule has 0 bridgehead atoms. The summed E-state index contributed by atoms with van der Waals surface area (Å²) in [5.41, 5.74) is 4.48. The maximum atomic E-state index is 12.0. The smallest absolute Gasteiger partial charge is 0.310 e. The molecule has 0 radical (unpaired) electrons. The van der Waals surface area contributed by atoms with Crippen molar-refractivity contribution in [1.82, 2.24) is 0 Å². The van der Waals surface area contributed by atoms with Gasteiger partial charge in [-0.25, -0.2) is 0 Å². The second-order valence-corrected chi connectivity index (χ2v) is 6.08. The summed E-state index contributed by atoms with van der Waals surface area (Å²) >= 11 is 0. The van der Waals surface area contributed by atoms with Gasteiger partial charge in [-0.05, 0) is 61.4 Å². The van der Waals surface area contributed by atoms with Crippen LogP contribution in [0, 0.1) is 25.2 Å². The number of nitrogens with zero attached hydrogens (tertiary/aromatic N) is 1. The molecular weight excluding hydrogens is 330 g/mol. The fourth-order valence-corrected chi connectivity index (χ4v) is 2.62. The molecule has 0 aliphatic carbocycles. The molecule has 2 aromatic carbocycles. The van der Waals surface area contributed by atoms with Crippen molar-refractivity contribution in [2.24, 2.45) is 0 Å². The summed E-state index contributed by atoms with van der Waals surface area (Å²) in [4.78, 5) is 12.0. The zero-order valence-corrected chi connectivity index (χ0v) is 14.7. The summed E-state index contributed by atoms with van der Waals surface area (Å²) < 4.78 is 16.2. The van der Waals surface area contributed by atoms with E-state index in [1.807, 2.05) is 32.0 Å². The molecule has 3 aromatic rings. The molecule has 3 rings (SSSR count). The van der Waals surface area contributed by atoms with Gasteiger partial charge in [-0.3, -0.25) is 4.79 Å². The van der Waals surface area contributed by atoms with Crippen LogP contribution in [-0.2, 0) is 16.0 Å². The molecule has 0 aliphatic rings. The van der Waals surface area contributed by atoms with Crippen LogP contribution in [-0.4, -0.2) is 19.2 Å². The van der Waals surface area contributed by atoms with Crippen molar-refractivity contribution in [3.8, 4) is 11.8 Å². The molecular formula is C21H19NO4. The summed E-state index contributed by atoms with van der Waals surface area (Å²) in [6, 6.07) is 12.8. The number of benzene rings is 2. The van der Waals surface area contributed by atoms with Crippen LogP contribution in [0.1, 0.15) is 22.3 Å². The zero-order valence-electron chi connectivity index (χ0n) is 14.7. The third kappa shape index (κ3) is 4.04. The third-order valence-corrected chi connectivity index (χ3v) is 4.20. The van der Waals surface area contributed by atoms with E-state index in [1.165, 1.54) is 0 Å². The van der Waals surface area contributed by atoms with Crippen LogP contribution in [0.2, 0.25) is 0 Å². The van der Waals surface area contributed by atoms with E-state index in [4.69, 9.17) is 19.2 Å². The highest BCUT2D eigenvalue weighted by molar-refractivity contribution is 5.86. The van der Waals surface area contributed by atoms with Gasteiger partial charge in [-0.2, -0.15) is 5.26 Å². The standard InChI is InChI=1S/C21H19NO4/c1-14-9-19-17(13-26-20(19)10-15(14)2)11-21(23)25-8-7-24-18-5-3-16(12-22)4-6-18/h3-6,9-10,13H,7-8,11H2,1-2H3. The van der Waals surface area contributed by atoms with Crippen LogP contribution in [0.15, 0.2) is 47.1 Å². The first-order valence-electron chi connectivity index (χ1n) is 8.33. The Morgan fingerprint density at radius 2 is 1.85 bits per heavy atom. The summed E-state index contributed by atoms with van der Waals surface area (Å²) in [7, 11) is 0. The second kappa shape index (κ2) is 7.75. The first kappa shape index (κ1) is 17.6. The van der Waals surface area contributed by atoms with Crippen molar-refractivity contribution in [1.29, 1.82) is 5.26 Å². The minimum atomic E-state index is -0.325. The van der Waals surface area contributed by atoms with Crippen molar-refractivity contribution in [2.75, 3.05) is 13.2 Å². The number of hydrogen-bond donors (Lipinski definition) is 0. The van der Waals surface area contributed by atoms with E-state index in [0.717, 1.165) is 27.7 Å². The first-order valence-corrected chi connectivity index (χ1v) is 8.33. The Kier molecular flexibility index (Phi) is 5.23. The van der Waals surface area contributed by atoms with Crippen molar-refractivity contribution < 1.29 is 18.7 Å². The molecule has 0 spiro atoms. The molecule has 0 aliphatic heterocycles. The lowest BCUT2D eigenvalue weighted by Crippen LogP contribution is -2.13. The molecule has 5 nitrogen and oxygen atoms in total. The fourth-order valence-electron chi connectivity index (χ4n) is 2.62. The van der Waals surface area contributed by atoms with E-state index in [1.54, 1.807) is 30.5 Å². The Morgan fingerprint density at radius 3 is 2.58 bits per heavy atom. The molecule has 1 heterocycles. The summed E-state index contributed by atoms with van der Waals surface area (Å²) in [5, 5.41) is 9.69. The highest BCUT2D eigenvalue weighted by Crippen LogP contribution is 2.25. The Morgan fingerprint density at radius 1 is 1.12 bits per heavy atom. The number of nitriles is 1. The minimum absolute atomic E-state index is 0.159. The summed E-state index contributed by atoms with van der Waals surface area (Å²) in [5.74, 6) is 0.307. The molecule has 0 saturated carbocycles. The SMILES string of the molecule is Cc1cc2occ(CC(=O)OCCOc3ccc(C#N)cc3)c2cc1C. The normalized spacial score (nSPS) is 10.5. The van der Waals surface area contributed by atoms with Crippen molar-refractivity contribution >= 4 is 16.9 Å². The van der Waals surface area contributed by atoms with Gasteiger partial charge in [0, 0.05) is 10.9 Å². The maximum absolute atomic E-state index is 12.0. The van der Waals surface area contributed by atoms with Gasteiger partial charge >= 0.3 is 5.97 Å². The van der Waals surface area contributed by atoms with Crippen molar-refractivity contribution in [3.05, 3.63) is 64.9 Å². The number of carbonyl (C=O) groups is 1. The predicted molar refractivity (Wildman–Crippen MR) is 97.0 cm³/mol. The van der Waals surface area contributed by atoms with Crippen molar-refractivity contribution in [2.45, 2.75) is 20.3 Å². The Bertz CT molecular complexity index is 964. The van der Waals surface area contributed by atoms with Gasteiger partial charge in [0.05, 0.1) is 24.3 Å². The van der Waals surface area contributed by atoms with Crippen molar-refractivity contribution in [3.63, 3.8) is 0 Å². The quantitative estimate of drug-likeness (QED) is 0.495. The predicted octanol–water partition coefficient (Wildman–Crippen LogP) is 4.09. The molecule has 0 N–H and O–H groups in total. The number of hydrogen-bond acceptors (Lipinski definition) is 5. The maximum Gasteiger partial charge on any atom is 0.310 e. The summed E-state index contributed by atoms with van der Waals surface area (Å²) in [6.07, 6.45) is 1.77. The molecule has 0 unspecified atom stereocenters. The monoisotopic (exact) mass is 349 g/mol. The molecule has 0 amide bonds. The Labute approximate surface area is 151 Å². The topological polar surface area (TPSA) is 72.5 Å². The lowest BCUT2D eigenvalue weighted by atomic mass is 10.0. The van der Waals surface area contributed by atoms with E-state index in [2.05, 4.69) is 0 Å². The lowest BCUT2D eigenvalue weighted by Gasteiger charge is -2.07. The highest BCUT2D eigenvalue weighted by atomic mass is 16.6. The van der Waals surface area contributed by atoms with Gasteiger partial charge < -0.3 is 13.9 Å². The largest absolute Gasteiger partial charge is 0.490 e. The van der Waals surface area contributed by atoms with E-state index < -0.39 is 0 Å². The van der Waals surface area contributed by atoms with Gasteiger partial charge in [-0.1, -0.05) is 0 Å². The van der Waals surface area contributed by atoms with Gasteiger partial charge in [-0.15, -0.1) is 0 Å². The number of carbonyl (C=O) groups excluding carboxylic acids is 1. The van der Waals surface area contributed by atoms with Gasteiger partial charge in [0.15, 0.2) is 0 Å². The number of ether oxygens (including phenoxy) is 2. The lowest BCUT2D eigenvalue weighted by molar-refractivity contribution is -0.143. The third-order valence-electron chi connectivity index (χ3n) is 4.20. The number of aryl methyl sites for hydroxylation is 2. The Balaban J connectivity index is 1.50. The van der Waals surface area contributed by atoms with Gasteiger partial charge in [0.1, 0.15) is 24.5 Å². The van der Waals surface area contributed by atoms with E-state index in [9.17, 15) is 4.79 Å². The number of furan rings is 1. The van der Waals surface area contributed by atoms with Gasteiger partial charge in [0.25, 0.3) is 0 Å².